The van der Waals surface area contributed by atoms with Crippen LogP contribution in [-0.4, -0.2) is 30.3 Å². The maximum Gasteiger partial charge on any atom is 0.433 e. The van der Waals surface area contributed by atoms with Crippen molar-refractivity contribution in [3.05, 3.63) is 47.2 Å². The van der Waals surface area contributed by atoms with Crippen LogP contribution in [0.1, 0.15) is 53.1 Å². The van der Waals surface area contributed by atoms with Gasteiger partial charge in [0.25, 0.3) is 5.91 Å². The lowest BCUT2D eigenvalue weighted by molar-refractivity contribution is -0.142. The van der Waals surface area contributed by atoms with E-state index >= 15 is 0 Å². The minimum Gasteiger partial charge on any atom is -0.346 e. The van der Waals surface area contributed by atoms with Gasteiger partial charge in [0.2, 0.25) is 0 Å². The number of alkyl halides is 3. The minimum atomic E-state index is -4.58. The number of hydrogen-bond donors (Lipinski definition) is 1. The third-order valence-corrected chi connectivity index (χ3v) is 4.43. The predicted octanol–water partition coefficient (Wildman–Crippen LogP) is 2.77. The van der Waals surface area contributed by atoms with Gasteiger partial charge in [-0.2, -0.15) is 23.4 Å². The Morgan fingerprint density at radius 2 is 2.11 bits per heavy atom. The van der Waals surface area contributed by atoms with Gasteiger partial charge in [-0.05, 0) is 25.8 Å². The second-order valence-electron chi connectivity index (χ2n) is 6.52. The zero-order valence-corrected chi connectivity index (χ0v) is 14.5. The number of halogens is 3. The minimum absolute atomic E-state index is 0.0238. The van der Waals surface area contributed by atoms with Crippen molar-refractivity contribution in [2.45, 2.75) is 44.9 Å². The van der Waals surface area contributed by atoms with Crippen molar-refractivity contribution >= 4 is 11.6 Å². The lowest BCUT2D eigenvalue weighted by Gasteiger charge is -2.10. The van der Waals surface area contributed by atoms with Gasteiger partial charge in [-0.25, -0.2) is 9.50 Å². The van der Waals surface area contributed by atoms with E-state index in [1.807, 2.05) is 6.92 Å². The first kappa shape index (κ1) is 17.5. The molecule has 27 heavy (non-hydrogen) atoms. The number of aromatic nitrogens is 5. The maximum atomic E-state index is 13.4. The summed E-state index contributed by atoms with van der Waals surface area (Å²) in [5.41, 5.74) is 0.185. The number of rotatable bonds is 5. The Kier molecular flexibility index (Phi) is 4.12. The molecular weight excluding hydrogens is 361 g/mol. The van der Waals surface area contributed by atoms with Gasteiger partial charge < -0.3 is 5.32 Å². The highest BCUT2D eigenvalue weighted by molar-refractivity contribution is 5.93. The number of carbonyl (C=O) groups is 1. The first-order valence-electron chi connectivity index (χ1n) is 8.62. The molecule has 1 aliphatic rings. The van der Waals surface area contributed by atoms with Crippen LogP contribution in [0.25, 0.3) is 5.65 Å². The highest BCUT2D eigenvalue weighted by Crippen LogP contribution is 2.41. The quantitative estimate of drug-likeness (QED) is 0.741. The van der Waals surface area contributed by atoms with E-state index in [0.717, 1.165) is 24.5 Å². The van der Waals surface area contributed by atoms with Crippen molar-refractivity contribution in [3.8, 4) is 0 Å². The Bertz CT molecular complexity index is 1000. The van der Waals surface area contributed by atoms with Crippen LogP contribution in [0.3, 0.4) is 0 Å². The zero-order valence-electron chi connectivity index (χ0n) is 14.5. The summed E-state index contributed by atoms with van der Waals surface area (Å²) < 4.78 is 42.6. The SMILES string of the molecule is CCn1cc(CNC(=O)c2cc3nc(C4CC4)cc(C(F)(F)F)n3n2)cn1. The van der Waals surface area contributed by atoms with Crippen LogP contribution in [0.15, 0.2) is 24.5 Å². The van der Waals surface area contributed by atoms with E-state index in [0.29, 0.717) is 16.8 Å². The van der Waals surface area contributed by atoms with Crippen LogP contribution in [0.5, 0.6) is 0 Å². The van der Waals surface area contributed by atoms with Crippen molar-refractivity contribution < 1.29 is 18.0 Å². The summed E-state index contributed by atoms with van der Waals surface area (Å²) >= 11 is 0. The third kappa shape index (κ3) is 3.51. The van der Waals surface area contributed by atoms with Gasteiger partial charge in [0, 0.05) is 42.5 Å². The molecular formula is C17H17F3N6O. The molecule has 0 spiro atoms. The van der Waals surface area contributed by atoms with Crippen molar-refractivity contribution in [1.29, 1.82) is 0 Å². The van der Waals surface area contributed by atoms with Gasteiger partial charge in [-0.3, -0.25) is 9.48 Å². The molecule has 10 heteroatoms. The number of aryl methyl sites for hydroxylation is 1. The Balaban J connectivity index is 1.61. The molecule has 0 bridgehead atoms. The standard InChI is InChI=1S/C17H17F3N6O/c1-2-25-9-10(8-22-25)7-21-16(27)13-6-15-23-12(11-3-4-11)5-14(17(18,19)20)26(15)24-13/h5-6,8-9,11H,2-4,7H2,1H3,(H,21,27). The van der Waals surface area contributed by atoms with Crippen molar-refractivity contribution in [2.75, 3.05) is 0 Å². The van der Waals surface area contributed by atoms with E-state index < -0.39 is 17.8 Å². The van der Waals surface area contributed by atoms with Gasteiger partial charge in [0.1, 0.15) is 5.69 Å². The molecule has 142 valence electrons. The van der Waals surface area contributed by atoms with Crippen molar-refractivity contribution in [1.82, 2.24) is 29.7 Å². The summed E-state index contributed by atoms with van der Waals surface area (Å²) in [5, 5.41) is 10.6. The van der Waals surface area contributed by atoms with Gasteiger partial charge in [-0.1, -0.05) is 0 Å². The van der Waals surface area contributed by atoms with Crippen LogP contribution in [0, 0.1) is 0 Å². The average molecular weight is 378 g/mol. The van der Waals surface area contributed by atoms with Gasteiger partial charge >= 0.3 is 6.18 Å². The van der Waals surface area contributed by atoms with Gasteiger partial charge in [0.05, 0.1) is 6.20 Å². The highest BCUT2D eigenvalue weighted by atomic mass is 19.4. The van der Waals surface area contributed by atoms with E-state index in [2.05, 4.69) is 20.5 Å². The van der Waals surface area contributed by atoms with Crippen LogP contribution < -0.4 is 5.32 Å². The number of carbonyl (C=O) groups excluding carboxylic acids is 1. The molecule has 0 atom stereocenters. The molecule has 1 saturated carbocycles. The van der Waals surface area contributed by atoms with E-state index in [1.54, 1.807) is 17.1 Å². The van der Waals surface area contributed by atoms with Crippen LogP contribution in [-0.2, 0) is 19.3 Å². The van der Waals surface area contributed by atoms with Crippen LogP contribution in [0.4, 0.5) is 13.2 Å². The Morgan fingerprint density at radius 1 is 1.33 bits per heavy atom. The Morgan fingerprint density at radius 3 is 2.74 bits per heavy atom. The van der Waals surface area contributed by atoms with Gasteiger partial charge in [0.15, 0.2) is 11.3 Å². The summed E-state index contributed by atoms with van der Waals surface area (Å²) in [6.07, 6.45) is 0.480. The van der Waals surface area contributed by atoms with E-state index in [1.165, 1.54) is 6.07 Å². The largest absolute Gasteiger partial charge is 0.433 e. The molecule has 0 aliphatic heterocycles. The van der Waals surface area contributed by atoms with Crippen LogP contribution >= 0.6 is 0 Å². The monoisotopic (exact) mass is 378 g/mol. The smallest absolute Gasteiger partial charge is 0.346 e. The second-order valence-corrected chi connectivity index (χ2v) is 6.52. The molecule has 0 saturated heterocycles. The molecule has 0 aromatic carbocycles. The molecule has 1 aliphatic carbocycles. The normalized spacial score (nSPS) is 14.7. The van der Waals surface area contributed by atoms with Crippen molar-refractivity contribution in [3.63, 3.8) is 0 Å². The molecule has 3 aromatic rings. The Labute approximate surface area is 152 Å². The van der Waals surface area contributed by atoms with Crippen molar-refractivity contribution in [2.24, 2.45) is 0 Å². The van der Waals surface area contributed by atoms with E-state index in [-0.39, 0.29) is 23.8 Å². The topological polar surface area (TPSA) is 77.1 Å². The molecule has 0 unspecified atom stereocenters. The summed E-state index contributed by atoms with van der Waals surface area (Å²) in [4.78, 5) is 16.6. The maximum absolute atomic E-state index is 13.4. The zero-order chi connectivity index (χ0) is 19.2. The number of nitrogens with one attached hydrogen (secondary N) is 1. The molecule has 1 fully saturated rings. The number of amides is 1. The molecule has 1 amide bonds. The third-order valence-electron chi connectivity index (χ3n) is 4.43. The molecule has 1 N–H and O–H groups in total. The number of nitrogens with zero attached hydrogens (tertiary/aromatic N) is 5. The van der Waals surface area contributed by atoms with Gasteiger partial charge in [-0.15, -0.1) is 0 Å². The highest BCUT2D eigenvalue weighted by Gasteiger charge is 2.37. The number of hydrogen-bond acceptors (Lipinski definition) is 4. The second kappa shape index (κ2) is 6.36. The lowest BCUT2D eigenvalue weighted by Crippen LogP contribution is -2.23. The summed E-state index contributed by atoms with van der Waals surface area (Å²) in [6.45, 7) is 2.85. The van der Waals surface area contributed by atoms with E-state index in [4.69, 9.17) is 0 Å². The summed E-state index contributed by atoms with van der Waals surface area (Å²) in [7, 11) is 0. The average Bonchev–Trinajstić information content (AvgIpc) is 3.22. The fourth-order valence-corrected chi connectivity index (χ4v) is 2.84. The number of fused-ring (bicyclic) bond motifs is 1. The fourth-order valence-electron chi connectivity index (χ4n) is 2.84. The van der Waals surface area contributed by atoms with E-state index in [9.17, 15) is 18.0 Å². The summed E-state index contributed by atoms with van der Waals surface area (Å²) in [6, 6.07) is 2.31. The summed E-state index contributed by atoms with van der Waals surface area (Å²) in [5.74, 6) is -0.510. The van der Waals surface area contributed by atoms with Crippen LogP contribution in [0.2, 0.25) is 0 Å². The first-order valence-corrected chi connectivity index (χ1v) is 8.62. The molecule has 3 aromatic heterocycles. The molecule has 4 rings (SSSR count). The molecule has 3 heterocycles. The predicted molar refractivity (Wildman–Crippen MR) is 89.0 cm³/mol. The fraction of sp³-hybridized carbons (Fsp3) is 0.412. The first-order chi connectivity index (χ1) is 12.8. The molecule has 7 nitrogen and oxygen atoms in total. The molecule has 0 radical (unpaired) electrons. The lowest BCUT2D eigenvalue weighted by atomic mass is 10.2. The Hall–Kier alpha value is -2.91.